The van der Waals surface area contributed by atoms with Crippen molar-refractivity contribution < 1.29 is 27.5 Å². The van der Waals surface area contributed by atoms with Gasteiger partial charge in [0.2, 0.25) is 5.91 Å². The number of hydrogen-bond donors (Lipinski definition) is 1. The van der Waals surface area contributed by atoms with Crippen molar-refractivity contribution in [1.29, 1.82) is 0 Å². The first-order valence-corrected chi connectivity index (χ1v) is 12.9. The van der Waals surface area contributed by atoms with Gasteiger partial charge in [-0.15, -0.1) is 0 Å². The Kier molecular flexibility index (Phi) is 6.56. The summed E-state index contributed by atoms with van der Waals surface area (Å²) in [7, 11) is -3.28. The van der Waals surface area contributed by atoms with Crippen LogP contribution in [-0.2, 0) is 25.8 Å². The Morgan fingerprint density at radius 2 is 1.88 bits per heavy atom. The number of anilines is 1. The topological polar surface area (TPSA) is 110 Å². The molecule has 1 saturated heterocycles. The SMILES string of the molecule is CC(=O)NCC1CN(c2ccc3c(c2)CCC/C(=C/c2ccc(S(C)(=O)=O)cc2)C3=O)C(=O)O1. The largest absolute Gasteiger partial charge is 0.442 e. The molecule has 1 atom stereocenters. The van der Waals surface area contributed by atoms with Crippen molar-refractivity contribution >= 4 is 39.4 Å². The minimum Gasteiger partial charge on any atom is -0.442 e. The van der Waals surface area contributed by atoms with Gasteiger partial charge in [-0.25, -0.2) is 13.2 Å². The summed E-state index contributed by atoms with van der Waals surface area (Å²) in [5, 5.41) is 2.66. The lowest BCUT2D eigenvalue weighted by Crippen LogP contribution is -2.33. The zero-order valence-electron chi connectivity index (χ0n) is 19.0. The van der Waals surface area contributed by atoms with E-state index in [-0.39, 0.29) is 23.1 Å². The van der Waals surface area contributed by atoms with Gasteiger partial charge in [-0.1, -0.05) is 12.1 Å². The Labute approximate surface area is 198 Å². The fourth-order valence-electron chi connectivity index (χ4n) is 4.18. The van der Waals surface area contributed by atoms with E-state index >= 15 is 0 Å². The number of fused-ring (bicyclic) bond motifs is 1. The number of ketones is 1. The number of ether oxygens (including phenoxy) is 1. The predicted octanol–water partition coefficient (Wildman–Crippen LogP) is 3.15. The Hall–Kier alpha value is -3.46. The summed E-state index contributed by atoms with van der Waals surface area (Å²) in [5.74, 6) is -0.257. The minimum absolute atomic E-state index is 0.0706. The van der Waals surface area contributed by atoms with Crippen molar-refractivity contribution in [3.63, 3.8) is 0 Å². The number of Topliss-reactive ketones (excluding diaryl/α,β-unsaturated/α-hetero) is 1. The molecule has 4 rings (SSSR count). The van der Waals surface area contributed by atoms with Crippen molar-refractivity contribution in [1.82, 2.24) is 5.32 Å². The number of carbonyl (C=O) groups excluding carboxylic acids is 3. The van der Waals surface area contributed by atoms with E-state index in [2.05, 4.69) is 5.32 Å². The van der Waals surface area contributed by atoms with Crippen LogP contribution < -0.4 is 10.2 Å². The summed E-state index contributed by atoms with van der Waals surface area (Å²) >= 11 is 0. The maximum atomic E-state index is 13.3. The van der Waals surface area contributed by atoms with Gasteiger partial charge in [-0.05, 0) is 66.8 Å². The molecule has 1 unspecified atom stereocenters. The van der Waals surface area contributed by atoms with Crippen LogP contribution in [0.1, 0.15) is 41.3 Å². The van der Waals surface area contributed by atoms with Crippen molar-refractivity contribution in [2.75, 3.05) is 24.2 Å². The number of allylic oxidation sites excluding steroid dienone is 1. The van der Waals surface area contributed by atoms with Crippen LogP contribution in [0.4, 0.5) is 10.5 Å². The standard InChI is InChI=1S/C25H26N2O6S/c1-16(28)26-14-21-15-27(25(30)33-21)20-8-11-23-18(13-20)4-3-5-19(24(23)29)12-17-6-9-22(10-7-17)34(2,31)32/h6-13,21H,3-5,14-15H2,1-2H3,(H,26,28)/b19-12-. The van der Waals surface area contributed by atoms with Crippen LogP contribution in [0.15, 0.2) is 52.9 Å². The molecule has 0 bridgehead atoms. The number of hydrogen-bond acceptors (Lipinski definition) is 6. The van der Waals surface area contributed by atoms with Gasteiger partial charge >= 0.3 is 6.09 Å². The lowest BCUT2D eigenvalue weighted by Gasteiger charge is -2.16. The highest BCUT2D eigenvalue weighted by Gasteiger charge is 2.33. The Bertz CT molecular complexity index is 1280. The minimum atomic E-state index is -3.28. The zero-order valence-corrected chi connectivity index (χ0v) is 19.9. The first-order valence-electron chi connectivity index (χ1n) is 11.0. The first-order chi connectivity index (χ1) is 16.1. The molecule has 1 aliphatic heterocycles. The predicted molar refractivity (Wildman–Crippen MR) is 128 cm³/mol. The third-order valence-corrected chi connectivity index (χ3v) is 7.06. The van der Waals surface area contributed by atoms with Crippen LogP contribution >= 0.6 is 0 Å². The van der Waals surface area contributed by atoms with E-state index in [0.717, 1.165) is 23.8 Å². The third kappa shape index (κ3) is 5.20. The second-order valence-corrected chi connectivity index (χ2v) is 10.6. The Balaban J connectivity index is 1.54. The van der Waals surface area contributed by atoms with E-state index in [4.69, 9.17) is 4.74 Å². The molecule has 1 N–H and O–H groups in total. The smallest absolute Gasteiger partial charge is 0.414 e. The third-order valence-electron chi connectivity index (χ3n) is 5.93. The molecule has 1 aliphatic carbocycles. The maximum Gasteiger partial charge on any atom is 0.414 e. The fourth-order valence-corrected chi connectivity index (χ4v) is 4.81. The van der Waals surface area contributed by atoms with Crippen LogP contribution in [-0.4, -0.2) is 51.7 Å². The lowest BCUT2D eigenvalue weighted by molar-refractivity contribution is -0.119. The number of benzene rings is 2. The van der Waals surface area contributed by atoms with Gasteiger partial charge in [-0.2, -0.15) is 0 Å². The van der Waals surface area contributed by atoms with Crippen LogP contribution in [0.3, 0.4) is 0 Å². The van der Waals surface area contributed by atoms with Gasteiger partial charge in [-0.3, -0.25) is 14.5 Å². The second-order valence-electron chi connectivity index (χ2n) is 8.59. The zero-order chi connectivity index (χ0) is 24.5. The highest BCUT2D eigenvalue weighted by molar-refractivity contribution is 7.90. The Morgan fingerprint density at radius 3 is 2.56 bits per heavy atom. The maximum absolute atomic E-state index is 13.3. The number of sulfone groups is 1. The van der Waals surface area contributed by atoms with Crippen molar-refractivity contribution in [3.05, 3.63) is 64.7 Å². The molecule has 178 valence electrons. The van der Waals surface area contributed by atoms with Crippen molar-refractivity contribution in [2.24, 2.45) is 0 Å². The highest BCUT2D eigenvalue weighted by Crippen LogP contribution is 2.30. The van der Waals surface area contributed by atoms with E-state index in [1.54, 1.807) is 24.3 Å². The summed E-state index contributed by atoms with van der Waals surface area (Å²) < 4.78 is 28.7. The van der Waals surface area contributed by atoms with Crippen LogP contribution in [0.5, 0.6) is 0 Å². The second kappa shape index (κ2) is 9.42. The average molecular weight is 483 g/mol. The Morgan fingerprint density at radius 1 is 1.15 bits per heavy atom. The summed E-state index contributed by atoms with van der Waals surface area (Å²) in [6.07, 6.45) is 4.12. The fraction of sp³-hybridized carbons (Fsp3) is 0.320. The van der Waals surface area contributed by atoms with E-state index < -0.39 is 22.0 Å². The van der Waals surface area contributed by atoms with Crippen LogP contribution in [0.2, 0.25) is 0 Å². The molecule has 0 spiro atoms. The number of nitrogens with zero attached hydrogens (tertiary/aromatic N) is 1. The number of carbonyl (C=O) groups is 3. The number of rotatable bonds is 5. The molecule has 9 heteroatoms. The average Bonchev–Trinajstić information content (AvgIpc) is 3.09. The van der Waals surface area contributed by atoms with E-state index in [1.807, 2.05) is 12.1 Å². The number of aryl methyl sites for hydroxylation is 1. The van der Waals surface area contributed by atoms with Gasteiger partial charge < -0.3 is 10.1 Å². The molecule has 2 aromatic rings. The lowest BCUT2D eigenvalue weighted by atomic mass is 9.97. The van der Waals surface area contributed by atoms with Crippen LogP contribution in [0, 0.1) is 0 Å². The molecular formula is C25H26N2O6S. The number of cyclic esters (lactones) is 1. The van der Waals surface area contributed by atoms with Gasteiger partial charge in [0.05, 0.1) is 18.0 Å². The summed E-state index contributed by atoms with van der Waals surface area (Å²) in [5.41, 5.74) is 3.56. The molecule has 2 amide bonds. The summed E-state index contributed by atoms with van der Waals surface area (Å²) in [4.78, 5) is 38.5. The van der Waals surface area contributed by atoms with Gasteiger partial charge in [0.25, 0.3) is 0 Å². The van der Waals surface area contributed by atoms with Crippen molar-refractivity contribution in [3.8, 4) is 0 Å². The van der Waals surface area contributed by atoms with E-state index in [9.17, 15) is 22.8 Å². The summed E-state index contributed by atoms with van der Waals surface area (Å²) in [6.45, 7) is 1.98. The normalized spacial score (nSPS) is 19.5. The molecule has 2 aliphatic rings. The molecule has 34 heavy (non-hydrogen) atoms. The first kappa shape index (κ1) is 23.7. The number of amides is 2. The molecule has 0 aromatic heterocycles. The van der Waals surface area contributed by atoms with Gasteiger partial charge in [0.15, 0.2) is 15.6 Å². The highest BCUT2D eigenvalue weighted by atomic mass is 32.2. The number of nitrogens with one attached hydrogen (secondary N) is 1. The van der Waals surface area contributed by atoms with E-state index in [1.165, 1.54) is 24.0 Å². The van der Waals surface area contributed by atoms with Gasteiger partial charge in [0.1, 0.15) is 6.10 Å². The molecule has 1 heterocycles. The van der Waals surface area contributed by atoms with E-state index in [0.29, 0.717) is 36.2 Å². The monoisotopic (exact) mass is 482 g/mol. The molecule has 2 aromatic carbocycles. The van der Waals surface area contributed by atoms with Crippen molar-refractivity contribution in [2.45, 2.75) is 37.2 Å². The molecule has 8 nitrogen and oxygen atoms in total. The van der Waals surface area contributed by atoms with Gasteiger partial charge in [0, 0.05) is 30.0 Å². The molecular weight excluding hydrogens is 456 g/mol. The molecule has 0 saturated carbocycles. The molecule has 0 radical (unpaired) electrons. The summed E-state index contributed by atoms with van der Waals surface area (Å²) in [6, 6.07) is 11.8. The quantitative estimate of drug-likeness (QED) is 0.518. The molecule has 1 fully saturated rings. The van der Waals surface area contributed by atoms with Crippen LogP contribution in [0.25, 0.3) is 6.08 Å².